The van der Waals surface area contributed by atoms with Gasteiger partial charge in [-0.2, -0.15) is 0 Å². The fourth-order valence-corrected chi connectivity index (χ4v) is 2.58. The molecule has 0 aliphatic carbocycles. The van der Waals surface area contributed by atoms with E-state index in [-0.39, 0.29) is 5.78 Å². The maximum atomic E-state index is 12.4. The molecule has 0 radical (unpaired) electrons. The third-order valence-electron chi connectivity index (χ3n) is 3.83. The molecule has 0 fully saturated rings. The second-order valence-electron chi connectivity index (χ2n) is 5.46. The third kappa shape index (κ3) is 2.81. The molecule has 0 aromatic heterocycles. The lowest BCUT2D eigenvalue weighted by Crippen LogP contribution is -2.31. The number of Topliss-reactive ketones (excluding diaryl/α,β-unsaturated/α-hetero) is 2. The number of anilines is 2. The van der Waals surface area contributed by atoms with E-state index in [4.69, 9.17) is 0 Å². The maximum Gasteiger partial charge on any atom is 0.292 e. The minimum Gasteiger partial charge on any atom is -0.325 e. The van der Waals surface area contributed by atoms with Crippen molar-refractivity contribution < 1.29 is 19.2 Å². The molecule has 0 spiro atoms. The molecule has 1 heterocycles. The van der Waals surface area contributed by atoms with Gasteiger partial charge in [0.2, 0.25) is 11.7 Å². The molecule has 2 aromatic rings. The number of benzene rings is 2. The maximum absolute atomic E-state index is 12.4. The Bertz CT molecular complexity index is 856. The molecule has 6 nitrogen and oxygen atoms in total. The molecule has 1 atom stereocenters. The Labute approximate surface area is 137 Å². The van der Waals surface area contributed by atoms with Gasteiger partial charge >= 0.3 is 0 Å². The predicted octanol–water partition coefficient (Wildman–Crippen LogP) is 2.13. The summed E-state index contributed by atoms with van der Waals surface area (Å²) < 4.78 is 0. The minimum absolute atomic E-state index is 0.0943. The van der Waals surface area contributed by atoms with Crippen LogP contribution in [0.1, 0.15) is 28.8 Å². The number of hydrogen-bond acceptors (Lipinski definition) is 4. The van der Waals surface area contributed by atoms with Crippen molar-refractivity contribution in [1.29, 1.82) is 0 Å². The van der Waals surface area contributed by atoms with Crippen LogP contribution in [0.2, 0.25) is 0 Å². The quantitative estimate of drug-likeness (QED) is 0.512. The first kappa shape index (κ1) is 15.6. The van der Waals surface area contributed by atoms with Gasteiger partial charge in [0.05, 0.1) is 0 Å². The molecular weight excluding hydrogens is 308 g/mol. The van der Waals surface area contributed by atoms with Crippen molar-refractivity contribution in [3.05, 3.63) is 59.7 Å². The summed E-state index contributed by atoms with van der Waals surface area (Å²) in [7, 11) is 0. The summed E-state index contributed by atoms with van der Waals surface area (Å²) in [5.74, 6) is -3.44. The van der Waals surface area contributed by atoms with Crippen LogP contribution in [0.5, 0.6) is 0 Å². The highest BCUT2D eigenvalue weighted by Gasteiger charge is 2.39. The zero-order valence-corrected chi connectivity index (χ0v) is 12.8. The predicted molar refractivity (Wildman–Crippen MR) is 87.9 cm³/mol. The molecule has 24 heavy (non-hydrogen) atoms. The van der Waals surface area contributed by atoms with Gasteiger partial charge in [0.25, 0.3) is 5.91 Å². The largest absolute Gasteiger partial charge is 0.325 e. The number of hydrogen-bond donors (Lipinski definition) is 2. The number of rotatable bonds is 4. The summed E-state index contributed by atoms with van der Waals surface area (Å²) in [5.41, 5.74) is 1.92. The Balaban J connectivity index is 1.77. The van der Waals surface area contributed by atoms with Gasteiger partial charge in [-0.15, -0.1) is 0 Å². The molecule has 2 N–H and O–H groups in total. The van der Waals surface area contributed by atoms with Crippen LogP contribution in [0.25, 0.3) is 0 Å². The van der Waals surface area contributed by atoms with E-state index in [1.54, 1.807) is 36.4 Å². The van der Waals surface area contributed by atoms with Crippen LogP contribution in [0, 0.1) is 0 Å². The minimum atomic E-state index is -1.14. The summed E-state index contributed by atoms with van der Waals surface area (Å²) in [6.07, 6.45) is 0. The SMILES string of the molecule is CC(=O)c1ccc(NC(=O)C(=O)C2C(=O)Nc3ccccc32)cc1. The van der Waals surface area contributed by atoms with E-state index in [0.29, 0.717) is 22.5 Å². The summed E-state index contributed by atoms with van der Waals surface area (Å²) in [6.45, 7) is 1.44. The lowest BCUT2D eigenvalue weighted by Gasteiger charge is -2.09. The van der Waals surface area contributed by atoms with Gasteiger partial charge in [-0.1, -0.05) is 18.2 Å². The second-order valence-corrected chi connectivity index (χ2v) is 5.46. The second kappa shape index (κ2) is 6.08. The van der Waals surface area contributed by atoms with E-state index in [2.05, 4.69) is 10.6 Å². The van der Waals surface area contributed by atoms with Crippen LogP contribution < -0.4 is 10.6 Å². The Hall–Kier alpha value is -3.28. The highest BCUT2D eigenvalue weighted by Crippen LogP contribution is 2.32. The number of amides is 2. The van der Waals surface area contributed by atoms with E-state index in [1.165, 1.54) is 19.1 Å². The zero-order chi connectivity index (χ0) is 17.3. The lowest BCUT2D eigenvalue weighted by molar-refractivity contribution is -0.138. The molecule has 1 unspecified atom stereocenters. The number of nitrogens with one attached hydrogen (secondary N) is 2. The van der Waals surface area contributed by atoms with Crippen molar-refractivity contribution in [3.8, 4) is 0 Å². The summed E-state index contributed by atoms with van der Waals surface area (Å²) in [5, 5.41) is 5.05. The van der Waals surface area contributed by atoms with Crippen LogP contribution in [0.4, 0.5) is 11.4 Å². The van der Waals surface area contributed by atoms with Gasteiger partial charge in [0.1, 0.15) is 5.92 Å². The number of ketones is 2. The van der Waals surface area contributed by atoms with Gasteiger partial charge in [-0.25, -0.2) is 0 Å². The Morgan fingerprint density at radius 1 is 1.00 bits per heavy atom. The molecule has 1 aliphatic heterocycles. The van der Waals surface area contributed by atoms with Gasteiger partial charge in [0, 0.05) is 16.9 Å². The molecule has 1 aliphatic rings. The first-order chi connectivity index (χ1) is 11.5. The molecule has 2 amide bonds. The first-order valence-corrected chi connectivity index (χ1v) is 7.33. The molecule has 3 rings (SSSR count). The van der Waals surface area contributed by atoms with Crippen LogP contribution in [0.3, 0.4) is 0 Å². The van der Waals surface area contributed by atoms with Crippen molar-refractivity contribution in [2.24, 2.45) is 0 Å². The summed E-state index contributed by atoms with van der Waals surface area (Å²) in [6, 6.07) is 12.9. The number of para-hydroxylation sites is 1. The molecular formula is C18H14N2O4. The standard InChI is InChI=1S/C18H14N2O4/c1-10(21)11-6-8-12(9-7-11)19-18(24)16(22)15-13-4-2-3-5-14(13)20-17(15)23/h2-9,15H,1H3,(H,19,24)(H,20,23). The fourth-order valence-electron chi connectivity index (χ4n) is 2.58. The smallest absolute Gasteiger partial charge is 0.292 e. The Morgan fingerprint density at radius 3 is 2.33 bits per heavy atom. The normalized spacial score (nSPS) is 15.4. The van der Waals surface area contributed by atoms with Crippen LogP contribution in [-0.2, 0) is 14.4 Å². The van der Waals surface area contributed by atoms with Gasteiger partial charge < -0.3 is 10.6 Å². The van der Waals surface area contributed by atoms with E-state index >= 15 is 0 Å². The van der Waals surface area contributed by atoms with Crippen LogP contribution in [0.15, 0.2) is 48.5 Å². The van der Waals surface area contributed by atoms with Crippen molar-refractivity contribution in [2.45, 2.75) is 12.8 Å². The summed E-state index contributed by atoms with van der Waals surface area (Å²) in [4.78, 5) is 47.8. The third-order valence-corrected chi connectivity index (χ3v) is 3.83. The first-order valence-electron chi connectivity index (χ1n) is 7.33. The zero-order valence-electron chi connectivity index (χ0n) is 12.8. The van der Waals surface area contributed by atoms with Crippen LogP contribution >= 0.6 is 0 Å². The molecule has 6 heteroatoms. The number of carbonyl (C=O) groups is 4. The molecule has 0 saturated heterocycles. The average Bonchev–Trinajstić information content (AvgIpc) is 2.90. The van der Waals surface area contributed by atoms with E-state index in [9.17, 15) is 19.2 Å². The van der Waals surface area contributed by atoms with Gasteiger partial charge in [-0.05, 0) is 42.8 Å². The Morgan fingerprint density at radius 2 is 1.67 bits per heavy atom. The van der Waals surface area contributed by atoms with E-state index < -0.39 is 23.5 Å². The molecule has 0 saturated carbocycles. The van der Waals surface area contributed by atoms with E-state index in [0.717, 1.165) is 0 Å². The molecule has 2 aromatic carbocycles. The van der Waals surface area contributed by atoms with Gasteiger partial charge in [0.15, 0.2) is 5.78 Å². The topological polar surface area (TPSA) is 92.3 Å². The molecule has 0 bridgehead atoms. The van der Waals surface area contributed by atoms with E-state index in [1.807, 2.05) is 0 Å². The fraction of sp³-hybridized carbons (Fsp3) is 0.111. The number of carbonyl (C=O) groups excluding carboxylic acids is 4. The van der Waals surface area contributed by atoms with Crippen molar-refractivity contribution in [1.82, 2.24) is 0 Å². The van der Waals surface area contributed by atoms with Crippen molar-refractivity contribution >= 4 is 34.8 Å². The lowest BCUT2D eigenvalue weighted by atomic mass is 9.95. The van der Waals surface area contributed by atoms with Crippen molar-refractivity contribution in [3.63, 3.8) is 0 Å². The summed E-state index contributed by atoms with van der Waals surface area (Å²) >= 11 is 0. The number of fused-ring (bicyclic) bond motifs is 1. The monoisotopic (exact) mass is 322 g/mol. The van der Waals surface area contributed by atoms with Crippen molar-refractivity contribution in [2.75, 3.05) is 10.6 Å². The average molecular weight is 322 g/mol. The highest BCUT2D eigenvalue weighted by molar-refractivity contribution is 6.47. The molecule has 120 valence electrons. The van der Waals surface area contributed by atoms with Crippen LogP contribution in [-0.4, -0.2) is 23.4 Å². The Kier molecular flexibility index (Phi) is 3.95. The highest BCUT2D eigenvalue weighted by atomic mass is 16.2. The van der Waals surface area contributed by atoms with Gasteiger partial charge in [-0.3, -0.25) is 19.2 Å².